The van der Waals surface area contributed by atoms with Gasteiger partial charge in [0.2, 0.25) is 0 Å². The third-order valence-corrected chi connectivity index (χ3v) is 4.22. The highest BCUT2D eigenvalue weighted by Gasteiger charge is 2.50. The smallest absolute Gasteiger partial charge is 0.0662 e. The number of ether oxygens (including phenoxy) is 1. The molecule has 2 nitrogen and oxygen atoms in total. The molecule has 0 saturated heterocycles. The fourth-order valence-electron chi connectivity index (χ4n) is 2.29. The Labute approximate surface area is 80.8 Å². The molecule has 0 bridgehead atoms. The minimum Gasteiger partial charge on any atom is -0.374 e. The van der Waals surface area contributed by atoms with E-state index < -0.39 is 0 Å². The lowest BCUT2D eigenvalue weighted by Crippen LogP contribution is -2.61. The molecule has 13 heavy (non-hydrogen) atoms. The standard InChI is InChI=1S/C11H21NO/c1-3-11(2)9(12)7-10(11)13-8-5-4-6-8/h8-10H,3-7,12H2,1-2H3. The highest BCUT2D eigenvalue weighted by molar-refractivity contribution is 5.03. The molecule has 0 aromatic carbocycles. The summed E-state index contributed by atoms with van der Waals surface area (Å²) in [5, 5.41) is 0. The van der Waals surface area contributed by atoms with Crippen molar-refractivity contribution in [1.82, 2.24) is 0 Å². The lowest BCUT2D eigenvalue weighted by Gasteiger charge is -2.53. The molecule has 2 aliphatic rings. The molecular formula is C11H21NO. The van der Waals surface area contributed by atoms with Gasteiger partial charge < -0.3 is 10.5 Å². The van der Waals surface area contributed by atoms with Crippen LogP contribution in [0.25, 0.3) is 0 Å². The van der Waals surface area contributed by atoms with E-state index in [2.05, 4.69) is 13.8 Å². The summed E-state index contributed by atoms with van der Waals surface area (Å²) in [7, 11) is 0. The Morgan fingerprint density at radius 2 is 2.15 bits per heavy atom. The van der Waals surface area contributed by atoms with E-state index in [1.165, 1.54) is 19.3 Å². The van der Waals surface area contributed by atoms with Crippen LogP contribution in [0.3, 0.4) is 0 Å². The Balaban J connectivity index is 1.86. The highest BCUT2D eigenvalue weighted by atomic mass is 16.5. The average molecular weight is 183 g/mol. The summed E-state index contributed by atoms with van der Waals surface area (Å²) in [5.41, 5.74) is 6.27. The second kappa shape index (κ2) is 3.25. The first-order valence-corrected chi connectivity index (χ1v) is 5.58. The molecule has 0 spiro atoms. The summed E-state index contributed by atoms with van der Waals surface area (Å²) in [6.07, 6.45) is 7.11. The Morgan fingerprint density at radius 1 is 1.46 bits per heavy atom. The molecule has 0 heterocycles. The number of hydrogen-bond acceptors (Lipinski definition) is 2. The van der Waals surface area contributed by atoms with E-state index in [9.17, 15) is 0 Å². The molecular weight excluding hydrogens is 162 g/mol. The Morgan fingerprint density at radius 3 is 2.54 bits per heavy atom. The predicted octanol–water partition coefficient (Wildman–Crippen LogP) is 2.07. The van der Waals surface area contributed by atoms with Crippen molar-refractivity contribution in [1.29, 1.82) is 0 Å². The molecule has 76 valence electrons. The Hall–Kier alpha value is -0.0800. The quantitative estimate of drug-likeness (QED) is 0.727. The van der Waals surface area contributed by atoms with Crippen molar-refractivity contribution in [2.75, 3.05) is 0 Å². The van der Waals surface area contributed by atoms with Crippen molar-refractivity contribution >= 4 is 0 Å². The first kappa shape index (κ1) is 9.47. The zero-order valence-electron chi connectivity index (χ0n) is 8.75. The lowest BCUT2D eigenvalue weighted by molar-refractivity contribution is -0.165. The van der Waals surface area contributed by atoms with Crippen molar-refractivity contribution in [3.05, 3.63) is 0 Å². The first-order chi connectivity index (χ1) is 6.16. The molecule has 0 aromatic rings. The van der Waals surface area contributed by atoms with Gasteiger partial charge in [-0.3, -0.25) is 0 Å². The van der Waals surface area contributed by atoms with Crippen LogP contribution in [0.5, 0.6) is 0 Å². The van der Waals surface area contributed by atoms with Crippen LogP contribution >= 0.6 is 0 Å². The van der Waals surface area contributed by atoms with Gasteiger partial charge in [0.05, 0.1) is 12.2 Å². The lowest BCUT2D eigenvalue weighted by atomic mass is 9.62. The first-order valence-electron chi connectivity index (χ1n) is 5.58. The van der Waals surface area contributed by atoms with Crippen LogP contribution in [0.1, 0.15) is 46.0 Å². The molecule has 0 amide bonds. The minimum absolute atomic E-state index is 0.260. The largest absolute Gasteiger partial charge is 0.374 e. The summed E-state index contributed by atoms with van der Waals surface area (Å²) in [6, 6.07) is 0.363. The van der Waals surface area contributed by atoms with Crippen molar-refractivity contribution in [3.63, 3.8) is 0 Å². The molecule has 0 radical (unpaired) electrons. The normalized spacial score (nSPS) is 45.5. The summed E-state index contributed by atoms with van der Waals surface area (Å²) >= 11 is 0. The molecule has 2 heteroatoms. The zero-order chi connectivity index (χ0) is 9.47. The van der Waals surface area contributed by atoms with Gasteiger partial charge in [-0.1, -0.05) is 13.8 Å². The van der Waals surface area contributed by atoms with Crippen LogP contribution in [0.15, 0.2) is 0 Å². The van der Waals surface area contributed by atoms with Crippen molar-refractivity contribution in [3.8, 4) is 0 Å². The van der Waals surface area contributed by atoms with Gasteiger partial charge in [-0.2, -0.15) is 0 Å². The second-order valence-corrected chi connectivity index (χ2v) is 4.88. The van der Waals surface area contributed by atoms with E-state index in [0.717, 1.165) is 12.8 Å². The summed E-state index contributed by atoms with van der Waals surface area (Å²) < 4.78 is 6.02. The second-order valence-electron chi connectivity index (χ2n) is 4.88. The van der Waals surface area contributed by atoms with Crippen molar-refractivity contribution in [2.24, 2.45) is 11.1 Å². The van der Waals surface area contributed by atoms with E-state index in [-0.39, 0.29) is 5.41 Å². The Kier molecular flexibility index (Phi) is 2.37. The summed E-state index contributed by atoms with van der Waals surface area (Å²) in [6.45, 7) is 4.49. The molecule has 2 aliphatic carbocycles. The third kappa shape index (κ3) is 1.40. The summed E-state index contributed by atoms with van der Waals surface area (Å²) in [4.78, 5) is 0. The van der Waals surface area contributed by atoms with Gasteiger partial charge in [0, 0.05) is 11.5 Å². The van der Waals surface area contributed by atoms with Crippen LogP contribution in [0.2, 0.25) is 0 Å². The van der Waals surface area contributed by atoms with Crippen molar-refractivity contribution < 1.29 is 4.74 Å². The van der Waals surface area contributed by atoms with E-state index in [1.54, 1.807) is 0 Å². The molecule has 2 rings (SSSR count). The third-order valence-electron chi connectivity index (χ3n) is 4.22. The average Bonchev–Trinajstić information content (AvgIpc) is 2.07. The number of nitrogens with two attached hydrogens (primary N) is 1. The molecule has 3 unspecified atom stereocenters. The van der Waals surface area contributed by atoms with Crippen LogP contribution < -0.4 is 5.73 Å². The van der Waals surface area contributed by atoms with E-state index >= 15 is 0 Å². The van der Waals surface area contributed by atoms with E-state index in [0.29, 0.717) is 18.2 Å². The van der Waals surface area contributed by atoms with Crippen LogP contribution in [-0.4, -0.2) is 18.2 Å². The summed E-state index contributed by atoms with van der Waals surface area (Å²) in [5.74, 6) is 0. The fourth-order valence-corrected chi connectivity index (χ4v) is 2.29. The van der Waals surface area contributed by atoms with Gasteiger partial charge in [0.1, 0.15) is 0 Å². The highest BCUT2D eigenvalue weighted by Crippen LogP contribution is 2.46. The number of rotatable bonds is 3. The van der Waals surface area contributed by atoms with Gasteiger partial charge >= 0.3 is 0 Å². The van der Waals surface area contributed by atoms with Crippen LogP contribution in [0, 0.1) is 5.41 Å². The van der Waals surface area contributed by atoms with Gasteiger partial charge in [-0.05, 0) is 32.1 Å². The van der Waals surface area contributed by atoms with Crippen LogP contribution in [-0.2, 0) is 4.74 Å². The van der Waals surface area contributed by atoms with Gasteiger partial charge in [-0.25, -0.2) is 0 Å². The fraction of sp³-hybridized carbons (Fsp3) is 1.00. The molecule has 0 aromatic heterocycles. The maximum absolute atomic E-state index is 6.02. The molecule has 3 atom stereocenters. The number of hydrogen-bond donors (Lipinski definition) is 1. The minimum atomic E-state index is 0.260. The molecule has 2 N–H and O–H groups in total. The maximum Gasteiger partial charge on any atom is 0.0662 e. The van der Waals surface area contributed by atoms with E-state index in [1.807, 2.05) is 0 Å². The van der Waals surface area contributed by atoms with Gasteiger partial charge in [0.15, 0.2) is 0 Å². The molecule has 2 saturated carbocycles. The van der Waals surface area contributed by atoms with Crippen LogP contribution in [0.4, 0.5) is 0 Å². The SMILES string of the molecule is CCC1(C)C(N)CC1OC1CCC1. The van der Waals surface area contributed by atoms with E-state index in [4.69, 9.17) is 10.5 Å². The zero-order valence-corrected chi connectivity index (χ0v) is 8.75. The predicted molar refractivity (Wildman–Crippen MR) is 53.5 cm³/mol. The van der Waals surface area contributed by atoms with Gasteiger partial charge in [0.25, 0.3) is 0 Å². The molecule has 0 aliphatic heterocycles. The maximum atomic E-state index is 6.02. The monoisotopic (exact) mass is 183 g/mol. The Bertz CT molecular complexity index is 191. The molecule has 2 fully saturated rings. The topological polar surface area (TPSA) is 35.2 Å². The van der Waals surface area contributed by atoms with Crippen molar-refractivity contribution in [2.45, 2.75) is 64.2 Å². The van der Waals surface area contributed by atoms with Gasteiger partial charge in [-0.15, -0.1) is 0 Å².